The van der Waals surface area contributed by atoms with Crippen LogP contribution in [0.15, 0.2) is 30.5 Å². The quantitative estimate of drug-likeness (QED) is 0.415. The summed E-state index contributed by atoms with van der Waals surface area (Å²) in [5, 5.41) is 3.54. The fourth-order valence-electron chi connectivity index (χ4n) is 2.01. The van der Waals surface area contributed by atoms with Crippen LogP contribution >= 0.6 is 35.4 Å². The van der Waals surface area contributed by atoms with E-state index >= 15 is 0 Å². The summed E-state index contributed by atoms with van der Waals surface area (Å²) >= 11 is 16.6. The Balaban J connectivity index is 1.47. The Morgan fingerprint density at radius 2 is 2.00 bits per heavy atom. The maximum absolute atomic E-state index is 12.0. The molecule has 0 saturated heterocycles. The first kappa shape index (κ1) is 17.5. The minimum Gasteiger partial charge on any atom is -0.454 e. The van der Waals surface area contributed by atoms with E-state index in [1.165, 1.54) is 12.3 Å². The molecule has 2 aromatic rings. The molecule has 1 aliphatic rings. The molecular formula is C15H12Cl2N4O3S. The lowest BCUT2D eigenvalue weighted by molar-refractivity contribution is 0.0943. The molecule has 3 N–H and O–H groups in total. The summed E-state index contributed by atoms with van der Waals surface area (Å²) in [4.78, 5) is 15.8. The third kappa shape index (κ3) is 4.41. The average Bonchev–Trinajstić information content (AvgIpc) is 3.08. The molecule has 130 valence electrons. The second-order valence-electron chi connectivity index (χ2n) is 4.95. The van der Waals surface area contributed by atoms with Crippen LogP contribution in [0.2, 0.25) is 10.2 Å². The van der Waals surface area contributed by atoms with E-state index in [4.69, 9.17) is 44.9 Å². The second-order valence-corrected chi connectivity index (χ2v) is 6.12. The molecule has 1 aliphatic heterocycles. The first-order valence-electron chi connectivity index (χ1n) is 7.06. The molecule has 1 amide bonds. The molecular weight excluding hydrogens is 387 g/mol. The predicted octanol–water partition coefficient (Wildman–Crippen LogP) is 2.43. The first-order valence-corrected chi connectivity index (χ1v) is 8.23. The van der Waals surface area contributed by atoms with Gasteiger partial charge in [-0.05, 0) is 36.0 Å². The van der Waals surface area contributed by atoms with Gasteiger partial charge in [0.2, 0.25) is 6.79 Å². The Labute approximate surface area is 158 Å². The van der Waals surface area contributed by atoms with Crippen LogP contribution in [0.1, 0.15) is 15.9 Å². The monoisotopic (exact) mass is 398 g/mol. The summed E-state index contributed by atoms with van der Waals surface area (Å²) in [5.74, 6) is 0.962. The van der Waals surface area contributed by atoms with E-state index in [-0.39, 0.29) is 27.6 Å². The summed E-state index contributed by atoms with van der Waals surface area (Å²) in [7, 11) is 0. The normalized spacial score (nSPS) is 11.8. The number of aromatic nitrogens is 1. The van der Waals surface area contributed by atoms with Gasteiger partial charge in [-0.1, -0.05) is 29.3 Å². The summed E-state index contributed by atoms with van der Waals surface area (Å²) in [6, 6.07) is 6.99. The number of nitrogens with one attached hydrogen (secondary N) is 3. The van der Waals surface area contributed by atoms with Gasteiger partial charge in [0.1, 0.15) is 5.15 Å². The van der Waals surface area contributed by atoms with Gasteiger partial charge in [0.25, 0.3) is 5.91 Å². The van der Waals surface area contributed by atoms with Gasteiger partial charge in [0, 0.05) is 12.7 Å². The van der Waals surface area contributed by atoms with Gasteiger partial charge in [-0.2, -0.15) is 0 Å². The van der Waals surface area contributed by atoms with E-state index in [0.29, 0.717) is 18.0 Å². The third-order valence-corrected chi connectivity index (χ3v) is 4.17. The Morgan fingerprint density at radius 3 is 2.80 bits per heavy atom. The number of carbonyl (C=O) groups excluding carboxylic acids is 1. The third-order valence-electron chi connectivity index (χ3n) is 3.24. The zero-order chi connectivity index (χ0) is 17.8. The fourth-order valence-corrected chi connectivity index (χ4v) is 2.40. The highest BCUT2D eigenvalue weighted by Crippen LogP contribution is 2.32. The number of amides is 1. The molecule has 0 fully saturated rings. The number of pyridine rings is 1. The van der Waals surface area contributed by atoms with Crippen molar-refractivity contribution in [1.82, 2.24) is 21.2 Å². The summed E-state index contributed by atoms with van der Waals surface area (Å²) in [6.45, 7) is 0.675. The van der Waals surface area contributed by atoms with Crippen molar-refractivity contribution in [2.24, 2.45) is 0 Å². The lowest BCUT2D eigenvalue weighted by Gasteiger charge is -2.12. The van der Waals surface area contributed by atoms with Crippen LogP contribution in [-0.4, -0.2) is 22.8 Å². The number of hydrazine groups is 1. The van der Waals surface area contributed by atoms with E-state index in [2.05, 4.69) is 21.2 Å². The van der Waals surface area contributed by atoms with Gasteiger partial charge in [0.05, 0.1) is 10.6 Å². The number of nitrogens with zero attached hydrogens (tertiary/aromatic N) is 1. The standard InChI is InChI=1S/C15H12Cl2N4O3S/c16-10-4-9(6-18-13(10)17)14(22)20-21-15(25)19-5-8-1-2-11-12(3-8)24-7-23-11/h1-4,6H,5,7H2,(H,20,22)(H2,19,21,25). The van der Waals surface area contributed by atoms with Crippen molar-refractivity contribution >= 4 is 46.4 Å². The molecule has 0 aliphatic carbocycles. The van der Waals surface area contributed by atoms with Gasteiger partial charge in [0.15, 0.2) is 16.6 Å². The second kappa shape index (κ2) is 7.73. The van der Waals surface area contributed by atoms with Crippen LogP contribution < -0.4 is 25.6 Å². The van der Waals surface area contributed by atoms with E-state index in [0.717, 1.165) is 5.56 Å². The Kier molecular flexibility index (Phi) is 5.42. The number of carbonyl (C=O) groups is 1. The number of rotatable bonds is 3. The molecule has 1 aromatic carbocycles. The Hall–Kier alpha value is -2.29. The largest absolute Gasteiger partial charge is 0.454 e. The van der Waals surface area contributed by atoms with E-state index < -0.39 is 5.91 Å². The molecule has 10 heteroatoms. The Morgan fingerprint density at radius 1 is 1.20 bits per heavy atom. The number of benzene rings is 1. The van der Waals surface area contributed by atoms with Crippen molar-refractivity contribution in [2.75, 3.05) is 6.79 Å². The molecule has 25 heavy (non-hydrogen) atoms. The van der Waals surface area contributed by atoms with Crippen molar-refractivity contribution in [3.63, 3.8) is 0 Å². The molecule has 7 nitrogen and oxygen atoms in total. The number of hydrogen-bond acceptors (Lipinski definition) is 5. The number of hydrogen-bond donors (Lipinski definition) is 3. The first-order chi connectivity index (χ1) is 12.0. The average molecular weight is 399 g/mol. The summed E-state index contributed by atoms with van der Waals surface area (Å²) in [6.07, 6.45) is 1.31. The summed E-state index contributed by atoms with van der Waals surface area (Å²) < 4.78 is 10.6. The lowest BCUT2D eigenvalue weighted by Crippen LogP contribution is -2.46. The van der Waals surface area contributed by atoms with Crippen LogP contribution in [0.25, 0.3) is 0 Å². The highest BCUT2D eigenvalue weighted by atomic mass is 35.5. The maximum Gasteiger partial charge on any atom is 0.271 e. The predicted molar refractivity (Wildman–Crippen MR) is 96.9 cm³/mol. The minimum atomic E-state index is -0.446. The van der Waals surface area contributed by atoms with Crippen molar-refractivity contribution in [1.29, 1.82) is 0 Å². The van der Waals surface area contributed by atoms with Crippen LogP contribution in [0, 0.1) is 0 Å². The van der Waals surface area contributed by atoms with Crippen LogP contribution in [-0.2, 0) is 6.54 Å². The number of halogens is 2. The van der Waals surface area contributed by atoms with Crippen molar-refractivity contribution in [3.05, 3.63) is 51.8 Å². The molecule has 1 aromatic heterocycles. The molecule has 0 atom stereocenters. The van der Waals surface area contributed by atoms with Crippen LogP contribution in [0.4, 0.5) is 0 Å². The molecule has 0 radical (unpaired) electrons. The van der Waals surface area contributed by atoms with Gasteiger partial charge in [-0.15, -0.1) is 0 Å². The van der Waals surface area contributed by atoms with Crippen molar-refractivity contribution in [3.8, 4) is 11.5 Å². The van der Waals surface area contributed by atoms with Crippen molar-refractivity contribution in [2.45, 2.75) is 6.54 Å². The SMILES string of the molecule is O=C(NNC(=S)NCc1ccc2c(c1)OCO2)c1cnc(Cl)c(Cl)c1. The van der Waals surface area contributed by atoms with E-state index in [1.54, 1.807) is 0 Å². The molecule has 0 bridgehead atoms. The molecule has 3 rings (SSSR count). The van der Waals surface area contributed by atoms with Crippen LogP contribution in [0.3, 0.4) is 0 Å². The summed E-state index contributed by atoms with van der Waals surface area (Å²) in [5.41, 5.74) is 6.25. The van der Waals surface area contributed by atoms with Crippen LogP contribution in [0.5, 0.6) is 11.5 Å². The van der Waals surface area contributed by atoms with Gasteiger partial charge >= 0.3 is 0 Å². The maximum atomic E-state index is 12.0. The minimum absolute atomic E-state index is 0.132. The number of fused-ring (bicyclic) bond motifs is 1. The van der Waals surface area contributed by atoms with Crippen molar-refractivity contribution < 1.29 is 14.3 Å². The topological polar surface area (TPSA) is 84.5 Å². The van der Waals surface area contributed by atoms with Gasteiger partial charge < -0.3 is 14.8 Å². The molecule has 0 unspecified atom stereocenters. The fraction of sp³-hybridized carbons (Fsp3) is 0.133. The lowest BCUT2D eigenvalue weighted by atomic mass is 10.2. The van der Waals surface area contributed by atoms with Gasteiger partial charge in [-0.25, -0.2) is 4.98 Å². The number of ether oxygens (including phenoxy) is 2. The van der Waals surface area contributed by atoms with Gasteiger partial charge in [-0.3, -0.25) is 15.6 Å². The Bertz CT molecular complexity index is 834. The zero-order valence-electron chi connectivity index (χ0n) is 12.6. The number of thiocarbonyl (C=S) groups is 1. The molecule has 0 saturated carbocycles. The zero-order valence-corrected chi connectivity index (χ0v) is 15.0. The van der Waals surface area contributed by atoms with E-state index in [9.17, 15) is 4.79 Å². The van der Waals surface area contributed by atoms with E-state index in [1.807, 2.05) is 18.2 Å². The molecule has 2 heterocycles. The highest BCUT2D eigenvalue weighted by molar-refractivity contribution is 7.80. The highest BCUT2D eigenvalue weighted by Gasteiger charge is 2.13. The smallest absolute Gasteiger partial charge is 0.271 e. The molecule has 0 spiro atoms.